The van der Waals surface area contributed by atoms with E-state index in [1.54, 1.807) is 0 Å². The van der Waals surface area contributed by atoms with Gasteiger partial charge in [-0.15, -0.1) is 0 Å². The molecule has 0 unspecified atom stereocenters. The van der Waals surface area contributed by atoms with Gasteiger partial charge in [0, 0.05) is 0 Å². The molecule has 0 spiro atoms. The summed E-state index contributed by atoms with van der Waals surface area (Å²) < 4.78 is 15.8. The van der Waals surface area contributed by atoms with Crippen LogP contribution in [0.3, 0.4) is 0 Å². The fourth-order valence-electron chi connectivity index (χ4n) is 1.37. The number of hydrogen-bond donors (Lipinski definition) is 1. The molecule has 1 amide bonds. The second kappa shape index (κ2) is 6.98. The molecule has 0 bridgehead atoms. The predicted molar refractivity (Wildman–Crippen MR) is 71.3 cm³/mol. The van der Waals surface area contributed by atoms with E-state index in [9.17, 15) is 9.59 Å². The van der Waals surface area contributed by atoms with Crippen LogP contribution in [0.15, 0.2) is 16.6 Å². The molecule has 1 aromatic rings. The van der Waals surface area contributed by atoms with Crippen LogP contribution in [0, 0.1) is 0 Å². The summed E-state index contributed by atoms with van der Waals surface area (Å²) in [5.74, 6) is -0.493. The molecule has 0 saturated carbocycles. The van der Waals surface area contributed by atoms with E-state index in [4.69, 9.17) is 19.9 Å². The Morgan fingerprint density at radius 3 is 2.58 bits per heavy atom. The number of methoxy groups -OCH3 is 1. The molecule has 1 rings (SSSR count). The van der Waals surface area contributed by atoms with Crippen LogP contribution in [-0.4, -0.2) is 32.2 Å². The number of primary amides is 1. The molecule has 2 N–H and O–H groups in total. The zero-order valence-corrected chi connectivity index (χ0v) is 12.2. The van der Waals surface area contributed by atoms with Gasteiger partial charge < -0.3 is 19.9 Å². The van der Waals surface area contributed by atoms with Gasteiger partial charge in [0.1, 0.15) is 0 Å². The van der Waals surface area contributed by atoms with Gasteiger partial charge in [-0.3, -0.25) is 4.79 Å². The van der Waals surface area contributed by atoms with Crippen LogP contribution < -0.4 is 15.2 Å². The Bertz CT molecular complexity index is 489. The van der Waals surface area contributed by atoms with Crippen molar-refractivity contribution in [1.82, 2.24) is 0 Å². The van der Waals surface area contributed by atoms with Gasteiger partial charge >= 0.3 is 5.97 Å². The highest BCUT2D eigenvalue weighted by Crippen LogP contribution is 2.36. The maximum absolute atomic E-state index is 11.7. The lowest BCUT2D eigenvalue weighted by Crippen LogP contribution is -2.21. The number of hydrogen-bond acceptors (Lipinski definition) is 5. The lowest BCUT2D eigenvalue weighted by Gasteiger charge is -2.12. The summed E-state index contributed by atoms with van der Waals surface area (Å²) in [5, 5.41) is 0. The van der Waals surface area contributed by atoms with Gasteiger partial charge in [0.05, 0.1) is 23.8 Å². The Labute approximate surface area is 118 Å². The molecule has 0 heterocycles. The number of carbonyl (C=O) groups is 2. The third-order valence-electron chi connectivity index (χ3n) is 2.09. The molecule has 0 aromatic heterocycles. The minimum Gasteiger partial charge on any atom is -0.492 e. The average Bonchev–Trinajstić information content (AvgIpc) is 2.36. The smallest absolute Gasteiger partial charge is 0.338 e. The average molecular weight is 332 g/mol. The van der Waals surface area contributed by atoms with Crippen LogP contribution >= 0.6 is 15.9 Å². The van der Waals surface area contributed by atoms with Crippen molar-refractivity contribution < 1.29 is 23.8 Å². The number of rotatable bonds is 6. The second-order valence-electron chi connectivity index (χ2n) is 3.46. The Hall–Kier alpha value is -1.76. The first kappa shape index (κ1) is 15.3. The fraction of sp³-hybridized carbons (Fsp3) is 0.333. The zero-order valence-electron chi connectivity index (χ0n) is 10.6. The van der Waals surface area contributed by atoms with Crippen LogP contribution in [0.4, 0.5) is 0 Å². The third kappa shape index (κ3) is 4.13. The molecule has 1 aromatic carbocycles. The minimum absolute atomic E-state index is 0.234. The molecule has 0 atom stereocenters. The lowest BCUT2D eigenvalue weighted by atomic mass is 10.2. The number of nitrogens with two attached hydrogens (primary N) is 1. The van der Waals surface area contributed by atoms with Crippen LogP contribution in [0.5, 0.6) is 11.5 Å². The highest BCUT2D eigenvalue weighted by molar-refractivity contribution is 9.10. The van der Waals surface area contributed by atoms with Crippen molar-refractivity contribution in [3.8, 4) is 11.5 Å². The maximum Gasteiger partial charge on any atom is 0.338 e. The fourth-order valence-corrected chi connectivity index (χ4v) is 1.97. The lowest BCUT2D eigenvalue weighted by molar-refractivity contribution is -0.121. The van der Waals surface area contributed by atoms with Gasteiger partial charge in [-0.1, -0.05) is 0 Å². The van der Waals surface area contributed by atoms with Gasteiger partial charge in [-0.2, -0.15) is 0 Å². The molecule has 104 valence electrons. The molecule has 0 radical (unpaired) electrons. The first-order valence-corrected chi connectivity index (χ1v) is 6.24. The summed E-state index contributed by atoms with van der Waals surface area (Å²) in [6.07, 6.45) is 0. The van der Waals surface area contributed by atoms with E-state index in [0.717, 1.165) is 0 Å². The molecule has 0 aliphatic rings. The Balaban J connectivity index is 3.02. The van der Waals surface area contributed by atoms with Gasteiger partial charge in [0.15, 0.2) is 18.1 Å². The summed E-state index contributed by atoms with van der Waals surface area (Å²) in [6.45, 7) is 1.76. The summed E-state index contributed by atoms with van der Waals surface area (Å²) in [7, 11) is 1.49. The van der Waals surface area contributed by atoms with Crippen molar-refractivity contribution >= 4 is 27.8 Å². The first-order valence-electron chi connectivity index (χ1n) is 5.45. The first-order chi connectivity index (χ1) is 8.99. The number of carbonyl (C=O) groups excluding carboxylic acids is 2. The number of amides is 1. The third-order valence-corrected chi connectivity index (χ3v) is 2.68. The van der Waals surface area contributed by atoms with Crippen molar-refractivity contribution in [3.63, 3.8) is 0 Å². The van der Waals surface area contributed by atoms with Crippen molar-refractivity contribution in [2.24, 2.45) is 5.73 Å². The standard InChI is InChI=1S/C12H14BrNO5/c1-3-18-9-5-7(4-8(13)11(9)17-2)12(16)19-6-10(14)15/h4-5H,3,6H2,1-2H3,(H2,14,15). The highest BCUT2D eigenvalue weighted by Gasteiger charge is 2.16. The minimum atomic E-state index is -0.717. The van der Waals surface area contributed by atoms with Gasteiger partial charge in [-0.25, -0.2) is 4.79 Å². The van der Waals surface area contributed by atoms with E-state index < -0.39 is 18.5 Å². The van der Waals surface area contributed by atoms with E-state index in [2.05, 4.69) is 15.9 Å². The van der Waals surface area contributed by atoms with E-state index in [1.165, 1.54) is 19.2 Å². The van der Waals surface area contributed by atoms with Crippen LogP contribution in [0.1, 0.15) is 17.3 Å². The van der Waals surface area contributed by atoms with Gasteiger partial charge in [0.25, 0.3) is 5.91 Å². The van der Waals surface area contributed by atoms with Crippen molar-refractivity contribution in [3.05, 3.63) is 22.2 Å². The topological polar surface area (TPSA) is 87.9 Å². The maximum atomic E-state index is 11.7. The van der Waals surface area contributed by atoms with E-state index >= 15 is 0 Å². The molecule has 6 nitrogen and oxygen atoms in total. The van der Waals surface area contributed by atoms with Gasteiger partial charge in [-0.05, 0) is 35.0 Å². The summed E-state index contributed by atoms with van der Waals surface area (Å²) >= 11 is 3.27. The Morgan fingerprint density at radius 2 is 2.05 bits per heavy atom. The van der Waals surface area contributed by atoms with Crippen molar-refractivity contribution in [1.29, 1.82) is 0 Å². The quantitative estimate of drug-likeness (QED) is 0.798. The molecule has 19 heavy (non-hydrogen) atoms. The highest BCUT2D eigenvalue weighted by atomic mass is 79.9. The molecular weight excluding hydrogens is 318 g/mol. The summed E-state index contributed by atoms with van der Waals surface area (Å²) in [4.78, 5) is 22.3. The van der Waals surface area contributed by atoms with E-state index in [1.807, 2.05) is 6.92 Å². The molecule has 0 aliphatic heterocycles. The molecule has 7 heteroatoms. The Morgan fingerprint density at radius 1 is 1.37 bits per heavy atom. The summed E-state index contributed by atoms with van der Waals surface area (Å²) in [6, 6.07) is 3.00. The second-order valence-corrected chi connectivity index (χ2v) is 4.32. The normalized spacial score (nSPS) is 9.84. The molecule has 0 fully saturated rings. The number of benzene rings is 1. The zero-order chi connectivity index (χ0) is 14.4. The molecule has 0 saturated heterocycles. The number of ether oxygens (including phenoxy) is 3. The SMILES string of the molecule is CCOc1cc(C(=O)OCC(N)=O)cc(Br)c1OC. The van der Waals surface area contributed by atoms with Crippen LogP contribution in [0.25, 0.3) is 0 Å². The molecular formula is C12H14BrNO5. The molecule has 0 aliphatic carbocycles. The summed E-state index contributed by atoms with van der Waals surface area (Å²) in [5.41, 5.74) is 5.14. The number of halogens is 1. The van der Waals surface area contributed by atoms with Crippen molar-refractivity contribution in [2.75, 3.05) is 20.3 Å². The van der Waals surface area contributed by atoms with Gasteiger partial charge in [0.2, 0.25) is 0 Å². The largest absolute Gasteiger partial charge is 0.492 e. The van der Waals surface area contributed by atoms with Crippen LogP contribution in [-0.2, 0) is 9.53 Å². The van der Waals surface area contributed by atoms with Crippen LogP contribution in [0.2, 0.25) is 0 Å². The van der Waals surface area contributed by atoms with Crippen molar-refractivity contribution in [2.45, 2.75) is 6.92 Å². The number of esters is 1. The van der Waals surface area contributed by atoms with E-state index in [0.29, 0.717) is 22.6 Å². The Kier molecular flexibility index (Phi) is 5.62. The van der Waals surface area contributed by atoms with E-state index in [-0.39, 0.29) is 5.56 Å². The monoisotopic (exact) mass is 331 g/mol. The predicted octanol–water partition coefficient (Wildman–Crippen LogP) is 1.50.